The Kier molecular flexibility index (Phi) is 4.74. The lowest BCUT2D eigenvalue weighted by molar-refractivity contribution is -0.131. The van der Waals surface area contributed by atoms with Gasteiger partial charge in [0, 0.05) is 14.1 Å². The van der Waals surface area contributed by atoms with Crippen molar-refractivity contribution in [2.24, 2.45) is 7.05 Å². The second kappa shape index (κ2) is 6.96. The zero-order valence-corrected chi connectivity index (χ0v) is 14.7. The minimum Gasteiger partial charge on any atom is -0.447 e. The topological polar surface area (TPSA) is 67.7 Å². The lowest BCUT2D eigenvalue weighted by Gasteiger charge is -2.24. The molecule has 3 rings (SSSR count). The van der Waals surface area contributed by atoms with Crippen LogP contribution in [0.3, 0.4) is 0 Å². The highest BCUT2D eigenvalue weighted by atomic mass is 16.6. The predicted octanol–water partition coefficient (Wildman–Crippen LogP) is 1.88. The molecule has 2 amide bonds. The van der Waals surface area contributed by atoms with Crippen molar-refractivity contribution in [1.82, 2.24) is 19.6 Å². The minimum atomic E-state index is -0.452. The van der Waals surface area contributed by atoms with Crippen molar-refractivity contribution in [3.8, 4) is 0 Å². The van der Waals surface area contributed by atoms with Crippen molar-refractivity contribution < 1.29 is 14.3 Å². The van der Waals surface area contributed by atoms with Crippen LogP contribution in [0.25, 0.3) is 0 Å². The molecule has 7 nitrogen and oxygen atoms in total. The summed E-state index contributed by atoms with van der Waals surface area (Å²) in [6.07, 6.45) is -0.452. The molecule has 1 aliphatic heterocycles. The molecule has 1 aromatic carbocycles. The van der Waals surface area contributed by atoms with Crippen molar-refractivity contribution >= 4 is 12.0 Å². The number of benzene rings is 1. The number of carbonyl (C=O) groups excluding carboxylic acids is 2. The Morgan fingerprint density at radius 1 is 1.36 bits per heavy atom. The van der Waals surface area contributed by atoms with Crippen LogP contribution in [0, 0.1) is 6.92 Å². The first-order valence-electron chi connectivity index (χ1n) is 8.17. The SMILES string of the molecule is Cc1cc(CN(C)C(=O)CN2C(=O)OCC2c2ccccc2)n(C)n1. The van der Waals surface area contributed by atoms with E-state index >= 15 is 0 Å². The van der Waals surface area contributed by atoms with E-state index in [1.807, 2.05) is 50.4 Å². The fourth-order valence-corrected chi connectivity index (χ4v) is 2.99. The molecule has 2 heterocycles. The average molecular weight is 342 g/mol. The van der Waals surface area contributed by atoms with E-state index in [2.05, 4.69) is 5.10 Å². The highest BCUT2D eigenvalue weighted by Crippen LogP contribution is 2.27. The van der Waals surface area contributed by atoms with E-state index in [0.29, 0.717) is 6.54 Å². The van der Waals surface area contributed by atoms with E-state index in [1.54, 1.807) is 16.6 Å². The summed E-state index contributed by atoms with van der Waals surface area (Å²) in [4.78, 5) is 27.7. The van der Waals surface area contributed by atoms with Gasteiger partial charge < -0.3 is 9.64 Å². The number of amides is 2. The average Bonchev–Trinajstić information content (AvgIpc) is 3.10. The van der Waals surface area contributed by atoms with Crippen molar-refractivity contribution in [2.75, 3.05) is 20.2 Å². The molecular weight excluding hydrogens is 320 g/mol. The van der Waals surface area contributed by atoms with Gasteiger partial charge in [-0.1, -0.05) is 30.3 Å². The van der Waals surface area contributed by atoms with E-state index in [0.717, 1.165) is 17.0 Å². The Morgan fingerprint density at radius 3 is 2.72 bits per heavy atom. The highest BCUT2D eigenvalue weighted by molar-refractivity contribution is 5.83. The van der Waals surface area contributed by atoms with Crippen LogP contribution in [-0.4, -0.2) is 51.8 Å². The van der Waals surface area contributed by atoms with Crippen LogP contribution in [0.1, 0.15) is 23.0 Å². The highest BCUT2D eigenvalue weighted by Gasteiger charge is 2.35. The molecule has 132 valence electrons. The van der Waals surface area contributed by atoms with Gasteiger partial charge in [0.25, 0.3) is 0 Å². The normalized spacial score (nSPS) is 16.8. The number of aromatic nitrogens is 2. The van der Waals surface area contributed by atoms with Gasteiger partial charge in [-0.25, -0.2) is 4.79 Å². The molecular formula is C18H22N4O3. The smallest absolute Gasteiger partial charge is 0.410 e. The first-order valence-corrected chi connectivity index (χ1v) is 8.17. The van der Waals surface area contributed by atoms with Gasteiger partial charge in [-0.05, 0) is 18.6 Å². The van der Waals surface area contributed by atoms with E-state index in [-0.39, 0.29) is 25.1 Å². The van der Waals surface area contributed by atoms with Crippen LogP contribution >= 0.6 is 0 Å². The van der Waals surface area contributed by atoms with E-state index in [4.69, 9.17) is 4.74 Å². The summed E-state index contributed by atoms with van der Waals surface area (Å²) in [6.45, 7) is 2.61. The third-order valence-corrected chi connectivity index (χ3v) is 4.39. The van der Waals surface area contributed by atoms with E-state index < -0.39 is 6.09 Å². The van der Waals surface area contributed by atoms with Crippen LogP contribution in [0.5, 0.6) is 0 Å². The van der Waals surface area contributed by atoms with Crippen LogP contribution in [0.15, 0.2) is 36.4 Å². The molecule has 1 aromatic heterocycles. The molecule has 0 radical (unpaired) electrons. The Hall–Kier alpha value is -2.83. The summed E-state index contributed by atoms with van der Waals surface area (Å²) in [6, 6.07) is 11.3. The third kappa shape index (κ3) is 3.65. The van der Waals surface area contributed by atoms with Crippen LogP contribution < -0.4 is 0 Å². The number of ether oxygens (including phenoxy) is 1. The molecule has 1 saturated heterocycles. The number of aryl methyl sites for hydroxylation is 2. The van der Waals surface area contributed by atoms with Gasteiger partial charge in [0.2, 0.25) is 5.91 Å². The van der Waals surface area contributed by atoms with Gasteiger partial charge in [0.05, 0.1) is 24.0 Å². The monoisotopic (exact) mass is 342 g/mol. The summed E-state index contributed by atoms with van der Waals surface area (Å²) in [5.41, 5.74) is 2.81. The first-order chi connectivity index (χ1) is 12.0. The van der Waals surface area contributed by atoms with Gasteiger partial charge in [0.15, 0.2) is 0 Å². The van der Waals surface area contributed by atoms with Crippen LogP contribution in [0.4, 0.5) is 4.79 Å². The molecule has 7 heteroatoms. The number of hydrogen-bond donors (Lipinski definition) is 0. The molecule has 2 aromatic rings. The second-order valence-corrected chi connectivity index (χ2v) is 6.28. The summed E-state index contributed by atoms with van der Waals surface area (Å²) in [5.74, 6) is -0.140. The maximum atomic E-state index is 12.6. The molecule has 1 aliphatic rings. The Morgan fingerprint density at radius 2 is 2.08 bits per heavy atom. The minimum absolute atomic E-state index is 0.00821. The van der Waals surface area contributed by atoms with Crippen LogP contribution in [-0.2, 0) is 23.1 Å². The molecule has 0 bridgehead atoms. The number of rotatable bonds is 5. The molecule has 25 heavy (non-hydrogen) atoms. The van der Waals surface area contributed by atoms with E-state index in [1.165, 1.54) is 4.90 Å². The van der Waals surface area contributed by atoms with Crippen molar-refractivity contribution in [3.63, 3.8) is 0 Å². The Balaban J connectivity index is 1.68. The molecule has 1 atom stereocenters. The summed E-state index contributed by atoms with van der Waals surface area (Å²) in [7, 11) is 3.58. The van der Waals surface area contributed by atoms with Crippen molar-refractivity contribution in [1.29, 1.82) is 0 Å². The fraction of sp³-hybridized carbons (Fsp3) is 0.389. The van der Waals surface area contributed by atoms with Gasteiger partial charge in [-0.3, -0.25) is 14.4 Å². The Bertz CT molecular complexity index is 772. The van der Waals surface area contributed by atoms with E-state index in [9.17, 15) is 9.59 Å². The largest absolute Gasteiger partial charge is 0.447 e. The quantitative estimate of drug-likeness (QED) is 0.832. The number of cyclic esters (lactones) is 1. The van der Waals surface area contributed by atoms with Gasteiger partial charge in [-0.15, -0.1) is 0 Å². The fourth-order valence-electron chi connectivity index (χ4n) is 2.99. The van der Waals surface area contributed by atoms with Gasteiger partial charge >= 0.3 is 6.09 Å². The molecule has 0 N–H and O–H groups in total. The zero-order chi connectivity index (χ0) is 18.0. The molecule has 0 aliphatic carbocycles. The summed E-state index contributed by atoms with van der Waals surface area (Å²) < 4.78 is 6.92. The van der Waals surface area contributed by atoms with Crippen molar-refractivity contribution in [3.05, 3.63) is 53.3 Å². The zero-order valence-electron chi connectivity index (χ0n) is 14.7. The second-order valence-electron chi connectivity index (χ2n) is 6.28. The maximum absolute atomic E-state index is 12.6. The number of carbonyl (C=O) groups is 2. The van der Waals surface area contributed by atoms with Crippen molar-refractivity contribution in [2.45, 2.75) is 19.5 Å². The molecule has 1 unspecified atom stereocenters. The number of likely N-dealkylation sites (N-methyl/N-ethyl adjacent to an activating group) is 1. The van der Waals surface area contributed by atoms with Gasteiger partial charge in [0.1, 0.15) is 13.2 Å². The number of hydrogen-bond acceptors (Lipinski definition) is 4. The standard InChI is InChI=1S/C18H22N4O3/c1-13-9-15(21(3)19-13)10-20(2)17(23)11-22-16(12-25-18(22)24)14-7-5-4-6-8-14/h4-9,16H,10-12H2,1-3H3. The third-order valence-electron chi connectivity index (χ3n) is 4.39. The molecule has 0 spiro atoms. The lowest BCUT2D eigenvalue weighted by atomic mass is 10.1. The number of nitrogens with zero attached hydrogens (tertiary/aromatic N) is 4. The van der Waals surface area contributed by atoms with Gasteiger partial charge in [-0.2, -0.15) is 5.10 Å². The molecule has 0 saturated carbocycles. The maximum Gasteiger partial charge on any atom is 0.410 e. The molecule has 1 fully saturated rings. The predicted molar refractivity (Wildman–Crippen MR) is 91.7 cm³/mol. The summed E-state index contributed by atoms with van der Waals surface area (Å²) >= 11 is 0. The first kappa shape index (κ1) is 17.0. The summed E-state index contributed by atoms with van der Waals surface area (Å²) in [5, 5.41) is 4.28. The van der Waals surface area contributed by atoms with Crippen LogP contribution in [0.2, 0.25) is 0 Å². The lowest BCUT2D eigenvalue weighted by Crippen LogP contribution is -2.40. The Labute approximate surface area is 146 Å².